The largest absolute Gasteiger partial charge is 0.374 e. The molecule has 0 radical (unpaired) electrons. The monoisotopic (exact) mass is 348 g/mol. The maximum Gasteiger partial charge on any atom is 0.228 e. The van der Waals surface area contributed by atoms with Gasteiger partial charge in [-0.3, -0.25) is 14.3 Å². The molecule has 2 aliphatic rings. The summed E-state index contributed by atoms with van der Waals surface area (Å²) in [4.78, 5) is 28.8. The van der Waals surface area contributed by atoms with Gasteiger partial charge >= 0.3 is 0 Å². The first-order chi connectivity index (χ1) is 11.9. The van der Waals surface area contributed by atoms with Gasteiger partial charge in [0.05, 0.1) is 23.8 Å². The molecule has 138 valence electrons. The molecule has 1 aromatic heterocycles. The molecule has 25 heavy (non-hydrogen) atoms. The van der Waals surface area contributed by atoms with Gasteiger partial charge in [0.1, 0.15) is 0 Å². The van der Waals surface area contributed by atoms with Crippen molar-refractivity contribution in [2.24, 2.45) is 18.9 Å². The van der Waals surface area contributed by atoms with Crippen LogP contribution in [0.25, 0.3) is 0 Å². The normalized spacial score (nSPS) is 24.8. The van der Waals surface area contributed by atoms with E-state index in [0.717, 1.165) is 12.3 Å². The quantitative estimate of drug-likeness (QED) is 0.802. The fourth-order valence-corrected chi connectivity index (χ4v) is 3.66. The lowest BCUT2D eigenvalue weighted by Crippen LogP contribution is -2.58. The first-order valence-corrected chi connectivity index (χ1v) is 9.02. The molecule has 3 rings (SSSR count). The summed E-state index contributed by atoms with van der Waals surface area (Å²) >= 11 is 0. The highest BCUT2D eigenvalue weighted by Crippen LogP contribution is 2.37. The van der Waals surface area contributed by atoms with Gasteiger partial charge in [-0.2, -0.15) is 5.10 Å². The van der Waals surface area contributed by atoms with Gasteiger partial charge in [0.2, 0.25) is 11.8 Å². The van der Waals surface area contributed by atoms with Crippen LogP contribution in [0.5, 0.6) is 0 Å². The molecule has 2 saturated heterocycles. The number of aromatic nitrogens is 2. The highest BCUT2D eigenvalue weighted by molar-refractivity contribution is 5.85. The second-order valence-electron chi connectivity index (χ2n) is 7.57. The molecule has 0 aliphatic carbocycles. The zero-order valence-electron chi connectivity index (χ0n) is 15.5. The van der Waals surface area contributed by atoms with Crippen LogP contribution in [0.2, 0.25) is 0 Å². The predicted molar refractivity (Wildman–Crippen MR) is 92.6 cm³/mol. The number of amides is 2. The van der Waals surface area contributed by atoms with E-state index in [2.05, 4.69) is 18.9 Å². The molecule has 2 fully saturated rings. The number of likely N-dealkylation sites (tertiary alicyclic amines) is 2. The topological polar surface area (TPSA) is 67.7 Å². The average Bonchev–Trinajstić information content (AvgIpc) is 2.93. The smallest absolute Gasteiger partial charge is 0.228 e. The van der Waals surface area contributed by atoms with E-state index in [1.165, 1.54) is 0 Å². The SMILES string of the molecule is CC(C)COC1CN(C(=O)[C@H]2CCC(=O)N(C)[C@@H]2c2ccnn2C)C1. The molecule has 7 heteroatoms. The van der Waals surface area contributed by atoms with E-state index >= 15 is 0 Å². The minimum absolute atomic E-state index is 0.0806. The van der Waals surface area contributed by atoms with Crippen LogP contribution in [0.3, 0.4) is 0 Å². The van der Waals surface area contributed by atoms with Crippen molar-refractivity contribution in [1.82, 2.24) is 19.6 Å². The molecule has 0 N–H and O–H groups in total. The molecule has 0 bridgehead atoms. The number of piperidine rings is 1. The number of hydrogen-bond donors (Lipinski definition) is 0. The van der Waals surface area contributed by atoms with E-state index in [-0.39, 0.29) is 29.9 Å². The Bertz CT molecular complexity index is 636. The van der Waals surface area contributed by atoms with Crippen molar-refractivity contribution in [3.8, 4) is 0 Å². The Kier molecular flexibility index (Phi) is 5.13. The van der Waals surface area contributed by atoms with Crippen LogP contribution >= 0.6 is 0 Å². The van der Waals surface area contributed by atoms with Crippen molar-refractivity contribution in [3.63, 3.8) is 0 Å². The first-order valence-electron chi connectivity index (χ1n) is 9.02. The van der Waals surface area contributed by atoms with Crippen molar-refractivity contribution < 1.29 is 14.3 Å². The number of nitrogens with zero attached hydrogens (tertiary/aromatic N) is 4. The highest BCUT2D eigenvalue weighted by Gasteiger charge is 2.44. The third kappa shape index (κ3) is 3.56. The molecule has 1 aromatic rings. The Morgan fingerprint density at radius 1 is 1.36 bits per heavy atom. The van der Waals surface area contributed by atoms with Gasteiger partial charge < -0.3 is 14.5 Å². The van der Waals surface area contributed by atoms with Gasteiger partial charge in [0.15, 0.2) is 0 Å². The summed E-state index contributed by atoms with van der Waals surface area (Å²) in [5, 5.41) is 4.21. The molecule has 0 unspecified atom stereocenters. The zero-order chi connectivity index (χ0) is 18.1. The molecular weight excluding hydrogens is 320 g/mol. The summed E-state index contributed by atoms with van der Waals surface area (Å²) in [6.45, 7) is 6.27. The summed E-state index contributed by atoms with van der Waals surface area (Å²) in [7, 11) is 3.63. The van der Waals surface area contributed by atoms with Gasteiger partial charge in [-0.15, -0.1) is 0 Å². The molecule has 2 atom stereocenters. The number of carbonyl (C=O) groups is 2. The van der Waals surface area contributed by atoms with Crippen LogP contribution in [0.1, 0.15) is 38.4 Å². The van der Waals surface area contributed by atoms with Crippen LogP contribution in [0.4, 0.5) is 0 Å². The molecule has 0 saturated carbocycles. The number of carbonyl (C=O) groups excluding carboxylic acids is 2. The third-order valence-corrected chi connectivity index (χ3v) is 5.17. The maximum absolute atomic E-state index is 13.0. The summed E-state index contributed by atoms with van der Waals surface area (Å²) in [6.07, 6.45) is 2.86. The van der Waals surface area contributed by atoms with Crippen LogP contribution in [-0.4, -0.2) is 64.2 Å². The number of hydrogen-bond acceptors (Lipinski definition) is 4. The van der Waals surface area contributed by atoms with E-state index in [0.29, 0.717) is 31.8 Å². The van der Waals surface area contributed by atoms with Gasteiger partial charge in [-0.05, 0) is 18.4 Å². The number of ether oxygens (including phenoxy) is 1. The van der Waals surface area contributed by atoms with E-state index < -0.39 is 0 Å². The van der Waals surface area contributed by atoms with Crippen molar-refractivity contribution in [3.05, 3.63) is 18.0 Å². The third-order valence-electron chi connectivity index (χ3n) is 5.17. The highest BCUT2D eigenvalue weighted by atomic mass is 16.5. The Morgan fingerprint density at radius 2 is 2.08 bits per heavy atom. The van der Waals surface area contributed by atoms with Crippen LogP contribution in [-0.2, 0) is 21.4 Å². The standard InChI is InChI=1S/C18H28N4O3/c1-12(2)11-25-13-9-22(10-13)18(24)14-5-6-16(23)20(3)17(14)15-7-8-19-21(15)4/h7-8,12-14,17H,5-6,9-11H2,1-4H3/t14-,17-/m0/s1. The summed E-state index contributed by atoms with van der Waals surface area (Å²) in [5.41, 5.74) is 0.905. The molecular formula is C18H28N4O3. The van der Waals surface area contributed by atoms with E-state index in [9.17, 15) is 9.59 Å². The molecule has 3 heterocycles. The van der Waals surface area contributed by atoms with Crippen molar-refractivity contribution in [1.29, 1.82) is 0 Å². The molecule has 7 nitrogen and oxygen atoms in total. The minimum Gasteiger partial charge on any atom is -0.374 e. The van der Waals surface area contributed by atoms with E-state index in [1.807, 2.05) is 18.0 Å². The lowest BCUT2D eigenvalue weighted by Gasteiger charge is -2.45. The fourth-order valence-electron chi connectivity index (χ4n) is 3.66. The summed E-state index contributed by atoms with van der Waals surface area (Å²) in [5.74, 6) is 0.480. The van der Waals surface area contributed by atoms with Gasteiger partial charge in [-0.1, -0.05) is 13.8 Å². The van der Waals surface area contributed by atoms with Crippen molar-refractivity contribution >= 4 is 11.8 Å². The Morgan fingerprint density at radius 3 is 2.68 bits per heavy atom. The van der Waals surface area contributed by atoms with E-state index in [4.69, 9.17) is 4.74 Å². The molecule has 2 amide bonds. The number of rotatable bonds is 5. The summed E-state index contributed by atoms with van der Waals surface area (Å²) < 4.78 is 7.55. The number of aryl methyl sites for hydroxylation is 1. The van der Waals surface area contributed by atoms with Crippen LogP contribution < -0.4 is 0 Å². The lowest BCUT2D eigenvalue weighted by molar-refractivity contribution is -0.157. The van der Waals surface area contributed by atoms with Crippen molar-refractivity contribution in [2.45, 2.75) is 38.8 Å². The van der Waals surface area contributed by atoms with Crippen LogP contribution in [0.15, 0.2) is 12.3 Å². The lowest BCUT2D eigenvalue weighted by atomic mass is 9.85. The Labute approximate surface area is 148 Å². The Hall–Kier alpha value is -1.89. The van der Waals surface area contributed by atoms with Gasteiger partial charge in [0.25, 0.3) is 0 Å². The van der Waals surface area contributed by atoms with Gasteiger partial charge in [0, 0.05) is 46.4 Å². The fraction of sp³-hybridized carbons (Fsp3) is 0.722. The zero-order valence-corrected chi connectivity index (χ0v) is 15.5. The minimum atomic E-state index is -0.253. The van der Waals surface area contributed by atoms with E-state index in [1.54, 1.807) is 22.8 Å². The van der Waals surface area contributed by atoms with Crippen LogP contribution in [0, 0.1) is 11.8 Å². The molecule has 2 aliphatic heterocycles. The average molecular weight is 348 g/mol. The molecule has 0 spiro atoms. The maximum atomic E-state index is 13.0. The Balaban J connectivity index is 1.68. The second-order valence-corrected chi connectivity index (χ2v) is 7.57. The first kappa shape index (κ1) is 17.9. The predicted octanol–water partition coefficient (Wildman–Crippen LogP) is 1.21. The molecule has 0 aromatic carbocycles. The van der Waals surface area contributed by atoms with Crippen molar-refractivity contribution in [2.75, 3.05) is 26.7 Å². The summed E-state index contributed by atoms with van der Waals surface area (Å²) in [6, 6.07) is 1.64. The van der Waals surface area contributed by atoms with Gasteiger partial charge in [-0.25, -0.2) is 0 Å². The second kappa shape index (κ2) is 7.15.